The maximum atomic E-state index is 12.9. The minimum absolute atomic E-state index is 0.00539. The van der Waals surface area contributed by atoms with E-state index in [2.05, 4.69) is 34.6 Å². The second-order valence-corrected chi connectivity index (χ2v) is 29.3. The van der Waals surface area contributed by atoms with Crippen LogP contribution in [0.2, 0.25) is 0 Å². The standard InChI is InChI=1S/C60H96O29/c1-24(65)81-35-16-55(4,22-64)14-32-59(35)23-80-60(32)13-9-31-56(5)11-10-34(54(2,3)30(56)8-12-57(31,6)58(60,7)15-33(59)67)86-52-47(89-51-45(77)42(74)46(28(19-63)84-51)87-50-44(76)40(72)37(69)26(17-61)82-50)39(71)29(21-79-52)85-53-48(41(73)38(70)27(18-62)83-53)88-49-43(75)36(68)25(66)20-78-49/h22,25-53,61-63,66-77H,8-21,23H2,1-7H3/t25-,26-,27-,28-,29+,30-,31-,32+,33-,34+,35-,36+,37-,38-,39+,40+,41+,42-,43-,44-,45-,46-,47-,48-,49+,50+,51+,52+,53+,55-,56+,57-,58+,59+,60+/m1/s1. The predicted molar refractivity (Wildman–Crippen MR) is 294 cm³/mol. The van der Waals surface area contributed by atoms with Gasteiger partial charge in [-0.2, -0.15) is 0 Å². The number of aliphatic hydroxyl groups is 15. The Hall–Kier alpha value is -1.90. The van der Waals surface area contributed by atoms with Gasteiger partial charge >= 0.3 is 5.97 Å². The molecule has 29 heteroatoms. The Kier molecular flexibility index (Phi) is 19.2. The molecule has 0 aromatic heterocycles. The molecule has 510 valence electrons. The Morgan fingerprint density at radius 1 is 0.517 bits per heavy atom. The van der Waals surface area contributed by atoms with Gasteiger partial charge in [-0.25, -0.2) is 0 Å². The minimum atomic E-state index is -2.10. The highest BCUT2D eigenvalue weighted by Gasteiger charge is 2.82. The first-order valence-electron chi connectivity index (χ1n) is 31.6. The molecule has 11 rings (SSSR count). The van der Waals surface area contributed by atoms with Gasteiger partial charge in [0.15, 0.2) is 31.5 Å². The van der Waals surface area contributed by atoms with Crippen molar-refractivity contribution in [2.45, 2.75) is 271 Å². The molecule has 6 saturated heterocycles. The second-order valence-electron chi connectivity index (χ2n) is 29.3. The number of carbonyl (C=O) groups excluding carboxylic acids is 2. The average Bonchev–Trinajstić information content (AvgIpc) is 1.61. The zero-order valence-electron chi connectivity index (χ0n) is 51.4. The van der Waals surface area contributed by atoms with Crippen LogP contribution in [0.3, 0.4) is 0 Å². The molecule has 35 atom stereocenters. The lowest BCUT2D eigenvalue weighted by Crippen LogP contribution is -2.75. The van der Waals surface area contributed by atoms with Crippen molar-refractivity contribution in [1.82, 2.24) is 0 Å². The quantitative estimate of drug-likeness (QED) is 0.0417. The highest BCUT2D eigenvalue weighted by Crippen LogP contribution is 2.81. The first-order chi connectivity index (χ1) is 41.8. The summed E-state index contributed by atoms with van der Waals surface area (Å²) in [5, 5.41) is 165. The molecule has 1 spiro atoms. The number of esters is 1. The molecule has 6 aliphatic heterocycles. The Labute approximate surface area is 515 Å². The largest absolute Gasteiger partial charge is 0.462 e. The summed E-state index contributed by atoms with van der Waals surface area (Å²) < 4.78 is 74.0. The van der Waals surface area contributed by atoms with E-state index >= 15 is 0 Å². The van der Waals surface area contributed by atoms with Crippen molar-refractivity contribution in [3.05, 3.63) is 0 Å². The fraction of sp³-hybridized carbons (Fsp3) is 0.967. The van der Waals surface area contributed by atoms with Crippen molar-refractivity contribution in [2.75, 3.05) is 39.6 Å². The first kappa shape index (κ1) is 68.5. The number of carbonyl (C=O) groups is 2. The fourth-order valence-electron chi connectivity index (χ4n) is 19.3. The molecule has 11 fully saturated rings. The van der Waals surface area contributed by atoms with E-state index in [1.807, 2.05) is 6.92 Å². The maximum Gasteiger partial charge on any atom is 0.302 e. The van der Waals surface area contributed by atoms with Crippen LogP contribution in [0.5, 0.6) is 0 Å². The van der Waals surface area contributed by atoms with Gasteiger partial charge in [0, 0.05) is 23.7 Å². The number of aliphatic hydroxyl groups excluding tert-OH is 15. The molecule has 15 N–H and O–H groups in total. The molecule has 2 bridgehead atoms. The molecule has 0 radical (unpaired) electrons. The van der Waals surface area contributed by atoms with E-state index in [1.54, 1.807) is 0 Å². The van der Waals surface area contributed by atoms with E-state index in [9.17, 15) is 86.2 Å². The summed E-state index contributed by atoms with van der Waals surface area (Å²) in [7, 11) is 0. The summed E-state index contributed by atoms with van der Waals surface area (Å²) in [6, 6.07) is 0. The fourth-order valence-corrected chi connectivity index (χ4v) is 19.3. The van der Waals surface area contributed by atoms with Crippen molar-refractivity contribution in [3.63, 3.8) is 0 Å². The van der Waals surface area contributed by atoms with Gasteiger partial charge in [-0.3, -0.25) is 4.79 Å². The van der Waals surface area contributed by atoms with E-state index in [4.69, 9.17) is 56.8 Å². The summed E-state index contributed by atoms with van der Waals surface area (Å²) in [5.74, 6) is -0.647. The molecule has 11 aliphatic rings. The lowest BCUT2D eigenvalue weighted by Gasteiger charge is -2.75. The molecule has 5 saturated carbocycles. The first-order valence-corrected chi connectivity index (χ1v) is 31.6. The van der Waals surface area contributed by atoms with Gasteiger partial charge in [0.05, 0.1) is 62.9 Å². The topological polar surface area (TPSA) is 448 Å². The lowest BCUT2D eigenvalue weighted by atomic mass is 9.30. The van der Waals surface area contributed by atoms with Crippen LogP contribution in [0, 0.1) is 50.2 Å². The van der Waals surface area contributed by atoms with Gasteiger partial charge in [0.1, 0.15) is 122 Å². The summed E-state index contributed by atoms with van der Waals surface area (Å²) in [4.78, 5) is 25.6. The van der Waals surface area contributed by atoms with E-state index in [0.717, 1.165) is 25.5 Å². The van der Waals surface area contributed by atoms with Crippen LogP contribution in [0.25, 0.3) is 0 Å². The highest BCUT2D eigenvalue weighted by atomic mass is 16.8. The van der Waals surface area contributed by atoms with Crippen LogP contribution in [0.1, 0.15) is 106 Å². The monoisotopic (exact) mass is 1280 g/mol. The van der Waals surface area contributed by atoms with Crippen molar-refractivity contribution in [3.8, 4) is 0 Å². The summed E-state index contributed by atoms with van der Waals surface area (Å²) >= 11 is 0. The second kappa shape index (κ2) is 24.9. The normalized spacial score (nSPS) is 56.3. The Morgan fingerprint density at radius 2 is 1.08 bits per heavy atom. The van der Waals surface area contributed by atoms with Crippen LogP contribution in [-0.4, -0.2) is 294 Å². The SMILES string of the molecule is CC(=O)O[C@@H]1C[C@](C)(C=O)C[C@H]2[C@]13CO[C@@]21CC[C@@H]2[C@@]4(C)CC[C@H](O[C@@H]5OC[C@H](O[C@@H]6O[C@H](CO)[C@@H](O)[C@H](O)[C@H]6O[C@@H]6OC[C@@H](O)[C@H](O)[C@H]6O)[C@H](O)[C@H]5O[C@@H]5O[C@H](CO)[C@@H](O[C@@H]6O[C@H](CO)[C@@H](O)[C@H](O)[C@H]6O)[C@H](O)[C@H]5O)C(C)(C)[C@H]4CC[C@@]2(C)[C@]1(C)C[C@H]3O. The Bertz CT molecular complexity index is 2500. The number of hydrogen-bond donors (Lipinski definition) is 15. The molecule has 0 aromatic rings. The summed E-state index contributed by atoms with van der Waals surface area (Å²) in [6.07, 6.45) is -36.9. The smallest absolute Gasteiger partial charge is 0.302 e. The molecular weight excluding hydrogens is 1180 g/mol. The molecule has 29 nitrogen and oxygen atoms in total. The van der Waals surface area contributed by atoms with Crippen molar-refractivity contribution in [1.29, 1.82) is 0 Å². The molecule has 0 amide bonds. The third-order valence-electron chi connectivity index (χ3n) is 24.4. The predicted octanol–water partition coefficient (Wildman–Crippen LogP) is -4.53. The minimum Gasteiger partial charge on any atom is -0.462 e. The zero-order valence-corrected chi connectivity index (χ0v) is 51.4. The van der Waals surface area contributed by atoms with Gasteiger partial charge in [0.25, 0.3) is 0 Å². The van der Waals surface area contributed by atoms with Crippen LogP contribution in [0.4, 0.5) is 0 Å². The van der Waals surface area contributed by atoms with Crippen LogP contribution < -0.4 is 0 Å². The maximum absolute atomic E-state index is 12.9. The van der Waals surface area contributed by atoms with E-state index in [-0.39, 0.29) is 36.2 Å². The van der Waals surface area contributed by atoms with Crippen molar-refractivity contribution >= 4 is 12.3 Å². The van der Waals surface area contributed by atoms with Gasteiger partial charge in [-0.1, -0.05) is 41.5 Å². The van der Waals surface area contributed by atoms with Crippen LogP contribution in [0.15, 0.2) is 0 Å². The third kappa shape index (κ3) is 10.8. The summed E-state index contributed by atoms with van der Waals surface area (Å²) in [6.45, 7) is 11.0. The Balaban J connectivity index is 0.861. The van der Waals surface area contributed by atoms with Crippen molar-refractivity contribution in [2.24, 2.45) is 50.2 Å². The van der Waals surface area contributed by atoms with Gasteiger partial charge in [-0.15, -0.1) is 0 Å². The molecule has 0 unspecified atom stereocenters. The molecular formula is C60H96O29. The van der Waals surface area contributed by atoms with Crippen molar-refractivity contribution < 1.29 is 143 Å². The van der Waals surface area contributed by atoms with E-state index in [1.165, 1.54) is 6.92 Å². The zero-order chi connectivity index (χ0) is 64.6. The molecule has 5 aliphatic carbocycles. The molecule has 6 heterocycles. The number of ether oxygens (including phenoxy) is 12. The third-order valence-corrected chi connectivity index (χ3v) is 24.4. The van der Waals surface area contributed by atoms with Gasteiger partial charge < -0.3 is 138 Å². The van der Waals surface area contributed by atoms with E-state index < -0.39 is 231 Å². The number of rotatable bonds is 15. The van der Waals surface area contributed by atoms with E-state index in [0.29, 0.717) is 32.1 Å². The Morgan fingerprint density at radius 3 is 1.73 bits per heavy atom. The average molecular weight is 1280 g/mol. The number of hydrogen-bond acceptors (Lipinski definition) is 29. The molecule has 0 aromatic carbocycles. The van der Waals surface area contributed by atoms with Crippen LogP contribution >= 0.6 is 0 Å². The number of aldehydes is 1. The number of fused-ring (bicyclic) bond motifs is 4. The lowest BCUT2D eigenvalue weighted by molar-refractivity contribution is -0.398. The molecule has 89 heavy (non-hydrogen) atoms. The van der Waals surface area contributed by atoms with Gasteiger partial charge in [0.2, 0.25) is 0 Å². The van der Waals surface area contributed by atoms with Crippen LogP contribution in [-0.2, 0) is 66.4 Å². The highest BCUT2D eigenvalue weighted by molar-refractivity contribution is 5.67. The summed E-state index contributed by atoms with van der Waals surface area (Å²) in [5.41, 5.74) is -4.38. The van der Waals surface area contributed by atoms with Gasteiger partial charge in [-0.05, 0) is 85.9 Å².